The molecule has 0 radical (unpaired) electrons. The summed E-state index contributed by atoms with van der Waals surface area (Å²) in [6, 6.07) is 2.55. The fourth-order valence-corrected chi connectivity index (χ4v) is 3.13. The summed E-state index contributed by atoms with van der Waals surface area (Å²) in [6.07, 6.45) is -9.22. The highest BCUT2D eigenvalue weighted by Crippen LogP contribution is 2.35. The first kappa shape index (κ1) is 20.7. The van der Waals surface area contributed by atoms with E-state index < -0.39 is 60.9 Å². The molecule has 0 amide bonds. The Labute approximate surface area is 149 Å². The number of phenols is 1. The van der Waals surface area contributed by atoms with Gasteiger partial charge in [-0.3, -0.25) is 4.79 Å². The van der Waals surface area contributed by atoms with E-state index in [9.17, 15) is 44.7 Å². The van der Waals surface area contributed by atoms with E-state index in [0.717, 1.165) is 0 Å². The number of alkyl halides is 6. The molecule has 0 aliphatic carbocycles. The van der Waals surface area contributed by atoms with Crippen LogP contribution in [0.5, 0.6) is 5.75 Å². The van der Waals surface area contributed by atoms with Crippen LogP contribution in [0.4, 0.5) is 26.3 Å². The predicted octanol–water partition coefficient (Wildman–Crippen LogP) is 4.06. The summed E-state index contributed by atoms with van der Waals surface area (Å²) >= 11 is 0. The maximum atomic E-state index is 12.8. The first-order valence-corrected chi connectivity index (χ1v) is 8.87. The highest BCUT2D eigenvalue weighted by atomic mass is 32.2. The lowest BCUT2D eigenvalue weighted by molar-refractivity contribution is -0.138. The van der Waals surface area contributed by atoms with Crippen LogP contribution in [0.3, 0.4) is 0 Å². The third-order valence-corrected chi connectivity index (χ3v) is 4.66. The molecule has 0 spiro atoms. The first-order valence-electron chi connectivity index (χ1n) is 6.98. The van der Waals surface area contributed by atoms with Crippen LogP contribution in [0.2, 0.25) is 0 Å². The zero-order chi connectivity index (χ0) is 20.8. The van der Waals surface area contributed by atoms with Gasteiger partial charge in [-0.1, -0.05) is 0 Å². The van der Waals surface area contributed by atoms with Crippen LogP contribution < -0.4 is 0 Å². The molecule has 146 valence electrons. The Morgan fingerprint density at radius 3 is 1.81 bits per heavy atom. The molecule has 0 unspecified atom stereocenters. The van der Waals surface area contributed by atoms with Crippen molar-refractivity contribution in [2.45, 2.75) is 17.2 Å². The van der Waals surface area contributed by atoms with Crippen LogP contribution in [-0.4, -0.2) is 25.6 Å². The summed E-state index contributed by atoms with van der Waals surface area (Å²) in [7, 11) is -4.35. The zero-order valence-corrected chi connectivity index (χ0v) is 14.1. The van der Waals surface area contributed by atoms with Crippen molar-refractivity contribution in [3.05, 3.63) is 58.7 Å². The fraction of sp³-hybridized carbons (Fsp3) is 0.188. The van der Waals surface area contributed by atoms with E-state index in [2.05, 4.69) is 0 Å². The lowest BCUT2D eigenvalue weighted by Gasteiger charge is -2.14. The minimum Gasteiger partial charge on any atom is -0.507 e. The third kappa shape index (κ3) is 4.41. The standard InChI is InChI=1S/C16H10F6O4S/c1-27(25,26)13-7-9(16(20,21)22)2-4-10(13)14(24)11-6-8(15(17,18)19)3-5-12(11)23/h2-7,23H,1H3. The Morgan fingerprint density at radius 1 is 0.852 bits per heavy atom. The molecule has 0 fully saturated rings. The second-order valence-electron chi connectivity index (χ2n) is 5.54. The van der Waals surface area contributed by atoms with Gasteiger partial charge in [0.15, 0.2) is 15.6 Å². The predicted molar refractivity (Wildman–Crippen MR) is 81.1 cm³/mol. The quantitative estimate of drug-likeness (QED) is 0.610. The molecule has 11 heteroatoms. The summed E-state index contributed by atoms with van der Waals surface area (Å²) < 4.78 is 100. The minimum absolute atomic E-state index is 0.215. The Bertz CT molecular complexity index is 1010. The number of carbonyl (C=O) groups is 1. The van der Waals surface area contributed by atoms with E-state index in [-0.39, 0.29) is 6.07 Å². The van der Waals surface area contributed by atoms with Crippen LogP contribution in [0.1, 0.15) is 27.0 Å². The number of phenolic OH excluding ortho intramolecular Hbond substituents is 1. The molecule has 0 heterocycles. The summed E-state index contributed by atoms with van der Waals surface area (Å²) in [5, 5.41) is 9.69. The van der Waals surface area contributed by atoms with Crippen molar-refractivity contribution in [3.63, 3.8) is 0 Å². The van der Waals surface area contributed by atoms with E-state index in [4.69, 9.17) is 0 Å². The van der Waals surface area contributed by atoms with Gasteiger partial charge >= 0.3 is 12.4 Å². The van der Waals surface area contributed by atoms with Crippen LogP contribution in [0, 0.1) is 0 Å². The Morgan fingerprint density at radius 2 is 1.33 bits per heavy atom. The Hall–Kier alpha value is -2.56. The molecule has 4 nitrogen and oxygen atoms in total. The van der Waals surface area contributed by atoms with Crippen LogP contribution in [0.25, 0.3) is 0 Å². The van der Waals surface area contributed by atoms with Crippen molar-refractivity contribution >= 4 is 15.6 Å². The molecule has 0 aromatic heterocycles. The van der Waals surface area contributed by atoms with E-state index in [1.54, 1.807) is 0 Å². The largest absolute Gasteiger partial charge is 0.507 e. The molecule has 0 saturated heterocycles. The average molecular weight is 412 g/mol. The van der Waals surface area contributed by atoms with Gasteiger partial charge in [-0.05, 0) is 36.4 Å². The molecule has 0 atom stereocenters. The number of aromatic hydroxyl groups is 1. The minimum atomic E-state index is -4.90. The molecule has 0 saturated carbocycles. The number of halogens is 6. The SMILES string of the molecule is CS(=O)(=O)c1cc(C(F)(F)F)ccc1C(=O)c1cc(C(F)(F)F)ccc1O. The lowest BCUT2D eigenvalue weighted by atomic mass is 9.99. The Balaban J connectivity index is 2.70. The first-order chi connectivity index (χ1) is 12.1. The number of ketones is 1. The monoisotopic (exact) mass is 412 g/mol. The summed E-state index contributed by atoms with van der Waals surface area (Å²) in [5.74, 6) is -2.25. The van der Waals surface area contributed by atoms with Crippen LogP contribution in [0.15, 0.2) is 41.3 Å². The number of sulfone groups is 1. The second kappa shape index (κ2) is 6.55. The van der Waals surface area contributed by atoms with Crippen molar-refractivity contribution in [2.75, 3.05) is 6.26 Å². The number of benzene rings is 2. The Kier molecular flexibility index (Phi) is 5.04. The summed E-state index contributed by atoms with van der Waals surface area (Å²) in [5.41, 5.74) is -4.33. The van der Waals surface area contributed by atoms with Crippen molar-refractivity contribution in [3.8, 4) is 5.75 Å². The van der Waals surface area contributed by atoms with Gasteiger partial charge in [0, 0.05) is 11.8 Å². The van der Waals surface area contributed by atoms with Crippen molar-refractivity contribution in [2.24, 2.45) is 0 Å². The van der Waals surface area contributed by atoms with Gasteiger partial charge in [0.1, 0.15) is 5.75 Å². The number of hydrogen-bond acceptors (Lipinski definition) is 4. The van der Waals surface area contributed by atoms with Crippen LogP contribution in [-0.2, 0) is 22.2 Å². The average Bonchev–Trinajstić information content (AvgIpc) is 2.51. The molecule has 0 aliphatic rings. The molecule has 2 rings (SSSR count). The molecule has 0 aliphatic heterocycles. The maximum Gasteiger partial charge on any atom is 0.416 e. The molecular formula is C16H10F6O4S. The van der Waals surface area contributed by atoms with Crippen molar-refractivity contribution in [1.29, 1.82) is 0 Å². The van der Waals surface area contributed by atoms with Gasteiger partial charge < -0.3 is 5.11 Å². The molecule has 2 aromatic rings. The highest BCUT2D eigenvalue weighted by Gasteiger charge is 2.35. The normalized spacial score (nSPS) is 12.9. The maximum absolute atomic E-state index is 12.8. The summed E-state index contributed by atoms with van der Waals surface area (Å²) in [6.45, 7) is 0. The number of rotatable bonds is 3. The molecular weight excluding hydrogens is 402 g/mol. The van der Waals surface area contributed by atoms with Crippen molar-refractivity contribution < 1.29 is 44.7 Å². The van der Waals surface area contributed by atoms with Gasteiger partial charge in [0.2, 0.25) is 0 Å². The van der Waals surface area contributed by atoms with Gasteiger partial charge in [-0.15, -0.1) is 0 Å². The molecule has 2 aromatic carbocycles. The van der Waals surface area contributed by atoms with Gasteiger partial charge in [0.25, 0.3) is 0 Å². The summed E-state index contributed by atoms with van der Waals surface area (Å²) in [4.78, 5) is 11.5. The van der Waals surface area contributed by atoms with Gasteiger partial charge in [-0.25, -0.2) is 8.42 Å². The van der Waals surface area contributed by atoms with Gasteiger partial charge in [-0.2, -0.15) is 26.3 Å². The van der Waals surface area contributed by atoms with Crippen LogP contribution >= 0.6 is 0 Å². The molecule has 27 heavy (non-hydrogen) atoms. The number of hydrogen-bond donors (Lipinski definition) is 1. The van der Waals surface area contributed by atoms with Crippen molar-refractivity contribution in [1.82, 2.24) is 0 Å². The highest BCUT2D eigenvalue weighted by molar-refractivity contribution is 7.90. The van der Waals surface area contributed by atoms with E-state index in [1.807, 2.05) is 0 Å². The van der Waals surface area contributed by atoms with Gasteiger partial charge in [0.05, 0.1) is 21.6 Å². The zero-order valence-electron chi connectivity index (χ0n) is 13.3. The second-order valence-corrected chi connectivity index (χ2v) is 7.52. The smallest absolute Gasteiger partial charge is 0.416 e. The van der Waals surface area contributed by atoms with E-state index >= 15 is 0 Å². The third-order valence-electron chi connectivity index (χ3n) is 3.52. The number of carbonyl (C=O) groups excluding carboxylic acids is 1. The van der Waals surface area contributed by atoms with E-state index in [0.29, 0.717) is 36.6 Å². The molecule has 1 N–H and O–H groups in total. The molecule has 0 bridgehead atoms. The topological polar surface area (TPSA) is 71.4 Å². The fourth-order valence-electron chi connectivity index (χ4n) is 2.23. The lowest BCUT2D eigenvalue weighted by Crippen LogP contribution is -2.14. The van der Waals surface area contributed by atoms with E-state index in [1.165, 1.54) is 0 Å².